The number of nitrogens with zero attached hydrogens (tertiary/aromatic N) is 2. The Hall–Kier alpha value is -4.10. The molecule has 0 unspecified atom stereocenters. The molecule has 2 aliphatic rings. The van der Waals surface area contributed by atoms with E-state index in [0.717, 1.165) is 50.3 Å². The highest BCUT2D eigenvalue weighted by atomic mass is 32.1. The maximum Gasteiger partial charge on any atom is 0.407 e. The number of hydrogen-bond donors (Lipinski definition) is 2. The summed E-state index contributed by atoms with van der Waals surface area (Å²) in [4.78, 5) is 14.3. The SMILES string of the molecule is CC(C)(C)OC(=O)NCCCCCNC1=C/C(=C\c2sc3cccc4c3[n+]2CCC4)c2ccccc2N1c1ccccc1. The van der Waals surface area contributed by atoms with Crippen LogP contribution in [-0.4, -0.2) is 24.8 Å². The van der Waals surface area contributed by atoms with Gasteiger partial charge in [0.2, 0.25) is 5.52 Å². The lowest BCUT2D eigenvalue weighted by molar-refractivity contribution is -0.671. The molecule has 7 heteroatoms. The second-order valence-corrected chi connectivity index (χ2v) is 13.3. The first-order chi connectivity index (χ1) is 20.9. The number of thiazole rings is 1. The molecule has 222 valence electrons. The minimum Gasteiger partial charge on any atom is -0.444 e. The van der Waals surface area contributed by atoms with E-state index in [-0.39, 0.29) is 6.09 Å². The van der Waals surface area contributed by atoms with Gasteiger partial charge in [0.25, 0.3) is 5.01 Å². The van der Waals surface area contributed by atoms with Crippen molar-refractivity contribution in [3.8, 4) is 0 Å². The van der Waals surface area contributed by atoms with Crippen LogP contribution >= 0.6 is 11.3 Å². The van der Waals surface area contributed by atoms with E-state index < -0.39 is 5.60 Å². The highest BCUT2D eigenvalue weighted by Gasteiger charge is 2.28. The van der Waals surface area contributed by atoms with Crippen molar-refractivity contribution in [1.82, 2.24) is 10.6 Å². The van der Waals surface area contributed by atoms with Crippen LogP contribution in [0.5, 0.6) is 0 Å². The number of hydrogen-bond acceptors (Lipinski definition) is 5. The highest BCUT2D eigenvalue weighted by Crippen LogP contribution is 2.41. The molecular weight excluding hydrogens is 552 g/mol. The monoisotopic (exact) mass is 593 g/mol. The summed E-state index contributed by atoms with van der Waals surface area (Å²) < 4.78 is 9.22. The average molecular weight is 594 g/mol. The zero-order valence-electron chi connectivity index (χ0n) is 25.4. The van der Waals surface area contributed by atoms with Crippen LogP contribution in [0.4, 0.5) is 16.2 Å². The minimum atomic E-state index is -0.478. The van der Waals surface area contributed by atoms with Crippen molar-refractivity contribution in [3.63, 3.8) is 0 Å². The average Bonchev–Trinajstić information content (AvgIpc) is 3.35. The molecule has 0 radical (unpaired) electrons. The minimum absolute atomic E-state index is 0.350. The Bertz CT molecular complexity index is 1670. The van der Waals surface area contributed by atoms with Gasteiger partial charge in [-0.1, -0.05) is 59.9 Å². The van der Waals surface area contributed by atoms with Crippen molar-refractivity contribution in [2.45, 2.75) is 65.0 Å². The van der Waals surface area contributed by atoms with E-state index in [2.05, 4.69) is 105 Å². The summed E-state index contributed by atoms with van der Waals surface area (Å²) >= 11 is 1.89. The number of unbranched alkanes of at least 4 members (excludes halogenated alkanes) is 2. The van der Waals surface area contributed by atoms with Gasteiger partial charge in [0.15, 0.2) is 6.54 Å². The fourth-order valence-electron chi connectivity index (χ4n) is 5.91. The number of fused-ring (bicyclic) bond motifs is 1. The van der Waals surface area contributed by atoms with Gasteiger partial charge in [-0.05, 0) is 82.4 Å². The molecule has 0 spiro atoms. The highest BCUT2D eigenvalue weighted by molar-refractivity contribution is 7.19. The van der Waals surface area contributed by atoms with Gasteiger partial charge in [0, 0.05) is 42.4 Å². The van der Waals surface area contributed by atoms with Crippen LogP contribution in [0, 0.1) is 0 Å². The number of amides is 1. The topological polar surface area (TPSA) is 57.5 Å². The van der Waals surface area contributed by atoms with E-state index in [1.54, 1.807) is 0 Å². The lowest BCUT2D eigenvalue weighted by Gasteiger charge is -2.34. The maximum absolute atomic E-state index is 11.9. The summed E-state index contributed by atoms with van der Waals surface area (Å²) in [5, 5.41) is 7.93. The Morgan fingerprint density at radius 2 is 1.77 bits per heavy atom. The summed E-state index contributed by atoms with van der Waals surface area (Å²) in [5.74, 6) is 1.07. The summed E-state index contributed by atoms with van der Waals surface area (Å²) in [5.41, 5.74) is 7.14. The Morgan fingerprint density at radius 1 is 0.977 bits per heavy atom. The zero-order chi connectivity index (χ0) is 29.8. The van der Waals surface area contributed by atoms with Crippen molar-refractivity contribution in [3.05, 3.63) is 101 Å². The number of rotatable bonds is 9. The van der Waals surface area contributed by atoms with Gasteiger partial charge in [0.05, 0.1) is 5.69 Å². The van der Waals surface area contributed by atoms with Gasteiger partial charge in [-0.2, -0.15) is 4.57 Å². The quantitative estimate of drug-likeness (QED) is 0.153. The van der Waals surface area contributed by atoms with E-state index in [1.807, 2.05) is 32.1 Å². The maximum atomic E-state index is 11.9. The second kappa shape index (κ2) is 12.6. The number of para-hydroxylation sites is 3. The Labute approximate surface area is 258 Å². The summed E-state index contributed by atoms with van der Waals surface area (Å²) in [7, 11) is 0. The van der Waals surface area contributed by atoms with E-state index in [1.165, 1.54) is 44.0 Å². The lowest BCUT2D eigenvalue weighted by Crippen LogP contribution is -2.38. The van der Waals surface area contributed by atoms with Crippen molar-refractivity contribution in [1.29, 1.82) is 0 Å². The fraction of sp³-hybridized carbons (Fsp3) is 0.333. The Morgan fingerprint density at radius 3 is 2.60 bits per heavy atom. The normalized spacial score (nSPS) is 15.3. The van der Waals surface area contributed by atoms with Crippen molar-refractivity contribution < 1.29 is 14.1 Å². The number of carbonyl (C=O) groups excluding carboxylic acids is 1. The van der Waals surface area contributed by atoms with Gasteiger partial charge in [-0.3, -0.25) is 4.90 Å². The van der Waals surface area contributed by atoms with Gasteiger partial charge < -0.3 is 15.4 Å². The van der Waals surface area contributed by atoms with E-state index in [4.69, 9.17) is 4.74 Å². The molecule has 3 heterocycles. The summed E-state index contributed by atoms with van der Waals surface area (Å²) in [6.45, 7) is 8.15. The molecule has 0 aliphatic carbocycles. The zero-order valence-corrected chi connectivity index (χ0v) is 26.2. The van der Waals surface area contributed by atoms with Gasteiger partial charge in [0.1, 0.15) is 16.1 Å². The molecule has 0 atom stereocenters. The van der Waals surface area contributed by atoms with E-state index >= 15 is 0 Å². The molecular formula is C36H41N4O2S+. The summed E-state index contributed by atoms with van der Waals surface area (Å²) in [6.07, 6.45) is 9.58. The van der Waals surface area contributed by atoms with Gasteiger partial charge in [-0.25, -0.2) is 4.79 Å². The van der Waals surface area contributed by atoms with Crippen LogP contribution < -0.4 is 20.1 Å². The van der Waals surface area contributed by atoms with Gasteiger partial charge >= 0.3 is 6.09 Å². The summed E-state index contributed by atoms with van der Waals surface area (Å²) in [6, 6.07) is 26.0. The third-order valence-electron chi connectivity index (χ3n) is 7.77. The number of benzene rings is 3. The molecule has 2 N–H and O–H groups in total. The number of carbonyl (C=O) groups is 1. The molecule has 6 rings (SSSR count). The third-order valence-corrected chi connectivity index (χ3v) is 8.87. The molecule has 43 heavy (non-hydrogen) atoms. The van der Waals surface area contributed by atoms with Crippen molar-refractivity contribution in [2.24, 2.45) is 0 Å². The lowest BCUT2D eigenvalue weighted by atomic mass is 9.97. The number of nitrogens with one attached hydrogen (secondary N) is 2. The van der Waals surface area contributed by atoms with Crippen LogP contribution in [0.2, 0.25) is 0 Å². The standard InChI is InChI=1S/C36H40N4O2S/c1-36(2,3)42-35(41)38-22-11-5-10-21-37-32-24-27(25-33-39-23-13-15-26-14-12-20-31(43-33)34(26)39)29-18-8-9-19-30(29)40(32)28-16-6-4-7-17-28/h4,6-9,12,14,16-20,24-25H,5,10-11,13,15,21-23H2,1-3H3,(H,38,41)/p+1. The molecule has 0 saturated heterocycles. The largest absolute Gasteiger partial charge is 0.444 e. The first-order valence-electron chi connectivity index (χ1n) is 15.4. The first-order valence-corrected chi connectivity index (χ1v) is 16.2. The fourth-order valence-corrected chi connectivity index (χ4v) is 7.10. The predicted octanol–water partition coefficient (Wildman–Crippen LogP) is 7.95. The molecule has 0 saturated carbocycles. The number of aryl methyl sites for hydroxylation is 2. The number of aromatic nitrogens is 1. The van der Waals surface area contributed by atoms with Crippen LogP contribution in [-0.2, 0) is 17.7 Å². The number of alkyl carbamates (subject to hydrolysis) is 1. The second-order valence-electron chi connectivity index (χ2n) is 12.2. The van der Waals surface area contributed by atoms with E-state index in [9.17, 15) is 4.79 Å². The van der Waals surface area contributed by atoms with Crippen molar-refractivity contribution >= 4 is 50.7 Å². The molecule has 0 fully saturated rings. The Kier molecular flexibility index (Phi) is 8.52. The van der Waals surface area contributed by atoms with Crippen LogP contribution in [0.1, 0.15) is 62.6 Å². The number of ether oxygens (including phenoxy) is 1. The molecule has 6 nitrogen and oxygen atoms in total. The van der Waals surface area contributed by atoms with Crippen LogP contribution in [0.25, 0.3) is 21.9 Å². The van der Waals surface area contributed by atoms with E-state index in [0.29, 0.717) is 6.54 Å². The van der Waals surface area contributed by atoms with Crippen molar-refractivity contribution in [2.75, 3.05) is 18.0 Å². The Balaban J connectivity index is 1.24. The molecule has 2 aliphatic heterocycles. The van der Waals surface area contributed by atoms with Crippen LogP contribution in [0.15, 0.2) is 84.7 Å². The molecule has 4 aromatic rings. The van der Waals surface area contributed by atoms with Gasteiger partial charge in [-0.15, -0.1) is 0 Å². The predicted molar refractivity (Wildman–Crippen MR) is 177 cm³/mol. The molecule has 3 aromatic carbocycles. The number of anilines is 2. The third kappa shape index (κ3) is 6.62. The number of allylic oxidation sites excluding steroid dienone is 2. The molecule has 0 bridgehead atoms. The molecule has 1 aromatic heterocycles. The first kappa shape index (κ1) is 29.0. The molecule has 1 amide bonds. The van der Waals surface area contributed by atoms with Crippen LogP contribution in [0.3, 0.4) is 0 Å². The smallest absolute Gasteiger partial charge is 0.407 e.